The van der Waals surface area contributed by atoms with Crippen LogP contribution >= 0.6 is 0 Å². The average molecular weight is 432 g/mol. The third kappa shape index (κ3) is 7.16. The molecule has 166 valence electrons. The number of aryl methyl sites for hydroxylation is 1. The summed E-state index contributed by atoms with van der Waals surface area (Å²) in [5.41, 5.74) is 3.62. The van der Waals surface area contributed by atoms with Crippen LogP contribution in [0.15, 0.2) is 78.9 Å². The molecule has 3 aromatic carbocycles. The van der Waals surface area contributed by atoms with E-state index >= 15 is 0 Å². The van der Waals surface area contributed by atoms with E-state index in [4.69, 9.17) is 4.74 Å². The summed E-state index contributed by atoms with van der Waals surface area (Å²) < 4.78 is 5.89. The van der Waals surface area contributed by atoms with Crippen LogP contribution in [0.5, 0.6) is 5.75 Å². The maximum atomic E-state index is 12.4. The Hall–Kier alpha value is -3.80. The van der Waals surface area contributed by atoms with Crippen molar-refractivity contribution in [3.05, 3.63) is 90.0 Å². The molecule has 0 heterocycles. The van der Waals surface area contributed by atoms with E-state index in [1.807, 2.05) is 78.9 Å². The second-order valence-electron chi connectivity index (χ2n) is 7.66. The number of hydrogen-bond acceptors (Lipinski definition) is 4. The van der Waals surface area contributed by atoms with Gasteiger partial charge in [-0.15, -0.1) is 0 Å². The molecule has 0 aliphatic carbocycles. The Morgan fingerprint density at radius 1 is 0.844 bits per heavy atom. The van der Waals surface area contributed by atoms with Gasteiger partial charge in [0.1, 0.15) is 12.4 Å². The van der Waals surface area contributed by atoms with Crippen molar-refractivity contribution in [2.45, 2.75) is 19.4 Å². The third-order valence-corrected chi connectivity index (χ3v) is 4.93. The molecule has 3 rings (SSSR count). The molecule has 0 aliphatic heterocycles. The standard InChI is InChI=1S/C26H29N3O3/c1-29(2)26(31)17-14-20-12-15-22(16-13-20)27-18-25(30)28-23-10-6-7-11-24(23)32-19-21-8-4-3-5-9-21/h3-13,15-16,27H,14,17-19H2,1-2H3,(H,28,30). The Balaban J connectivity index is 1.48. The lowest BCUT2D eigenvalue weighted by molar-refractivity contribution is -0.128. The molecular weight excluding hydrogens is 402 g/mol. The summed E-state index contributed by atoms with van der Waals surface area (Å²) in [7, 11) is 3.52. The molecule has 6 heteroatoms. The van der Waals surface area contributed by atoms with Crippen molar-refractivity contribution in [3.8, 4) is 5.75 Å². The second kappa shape index (κ2) is 11.6. The molecule has 0 bridgehead atoms. The fraction of sp³-hybridized carbons (Fsp3) is 0.231. The number of nitrogens with one attached hydrogen (secondary N) is 2. The average Bonchev–Trinajstić information content (AvgIpc) is 2.82. The molecule has 0 spiro atoms. The number of anilines is 2. The van der Waals surface area contributed by atoms with Gasteiger partial charge in [-0.05, 0) is 41.8 Å². The topological polar surface area (TPSA) is 70.7 Å². The highest BCUT2D eigenvalue weighted by Gasteiger charge is 2.08. The first-order chi connectivity index (χ1) is 15.5. The molecule has 0 saturated heterocycles. The van der Waals surface area contributed by atoms with Gasteiger partial charge in [0.25, 0.3) is 0 Å². The predicted molar refractivity (Wildman–Crippen MR) is 128 cm³/mol. The molecule has 0 atom stereocenters. The van der Waals surface area contributed by atoms with Gasteiger partial charge in [0.15, 0.2) is 0 Å². The van der Waals surface area contributed by atoms with E-state index in [9.17, 15) is 9.59 Å². The molecule has 0 fully saturated rings. The number of para-hydroxylation sites is 2. The molecule has 2 N–H and O–H groups in total. The number of amides is 2. The lowest BCUT2D eigenvalue weighted by Crippen LogP contribution is -2.22. The normalized spacial score (nSPS) is 10.3. The van der Waals surface area contributed by atoms with E-state index in [-0.39, 0.29) is 18.4 Å². The quantitative estimate of drug-likeness (QED) is 0.501. The first-order valence-electron chi connectivity index (χ1n) is 10.6. The van der Waals surface area contributed by atoms with Crippen LogP contribution in [-0.2, 0) is 22.6 Å². The maximum absolute atomic E-state index is 12.4. The van der Waals surface area contributed by atoms with Gasteiger partial charge < -0.3 is 20.3 Å². The van der Waals surface area contributed by atoms with Gasteiger partial charge >= 0.3 is 0 Å². The van der Waals surface area contributed by atoms with Gasteiger partial charge in [-0.3, -0.25) is 9.59 Å². The van der Waals surface area contributed by atoms with Crippen LogP contribution in [0, 0.1) is 0 Å². The molecule has 6 nitrogen and oxygen atoms in total. The minimum atomic E-state index is -0.165. The summed E-state index contributed by atoms with van der Waals surface area (Å²) in [4.78, 5) is 25.8. The predicted octanol–water partition coefficient (Wildman–Crippen LogP) is 4.34. The summed E-state index contributed by atoms with van der Waals surface area (Å²) in [5, 5.41) is 6.03. The lowest BCUT2D eigenvalue weighted by atomic mass is 10.1. The van der Waals surface area contributed by atoms with Crippen molar-refractivity contribution in [1.82, 2.24) is 4.90 Å². The minimum absolute atomic E-state index is 0.108. The van der Waals surface area contributed by atoms with Gasteiger partial charge in [-0.25, -0.2) is 0 Å². The molecule has 0 unspecified atom stereocenters. The molecule has 2 amide bonds. The number of nitrogens with zero attached hydrogens (tertiary/aromatic N) is 1. The zero-order valence-corrected chi connectivity index (χ0v) is 18.5. The minimum Gasteiger partial charge on any atom is -0.487 e. The van der Waals surface area contributed by atoms with Crippen molar-refractivity contribution in [3.63, 3.8) is 0 Å². The monoisotopic (exact) mass is 431 g/mol. The smallest absolute Gasteiger partial charge is 0.243 e. The number of ether oxygens (including phenoxy) is 1. The molecule has 0 aliphatic rings. The Morgan fingerprint density at radius 3 is 2.25 bits per heavy atom. The fourth-order valence-electron chi connectivity index (χ4n) is 3.07. The first-order valence-corrected chi connectivity index (χ1v) is 10.6. The Labute approximate surface area is 189 Å². The number of rotatable bonds is 10. The molecule has 0 aromatic heterocycles. The van der Waals surface area contributed by atoms with Gasteiger partial charge in [0, 0.05) is 26.2 Å². The molecule has 32 heavy (non-hydrogen) atoms. The lowest BCUT2D eigenvalue weighted by Gasteiger charge is -2.13. The molecule has 0 radical (unpaired) electrons. The van der Waals surface area contributed by atoms with Crippen molar-refractivity contribution < 1.29 is 14.3 Å². The summed E-state index contributed by atoms with van der Waals surface area (Å²) in [6.45, 7) is 0.559. The van der Waals surface area contributed by atoms with Crippen LogP contribution in [0.2, 0.25) is 0 Å². The summed E-state index contributed by atoms with van der Waals surface area (Å²) in [5.74, 6) is 0.569. The van der Waals surface area contributed by atoms with E-state index in [1.54, 1.807) is 19.0 Å². The molecule has 0 saturated carbocycles. The van der Waals surface area contributed by atoms with E-state index in [1.165, 1.54) is 0 Å². The summed E-state index contributed by atoms with van der Waals surface area (Å²) in [6.07, 6.45) is 1.17. The highest BCUT2D eigenvalue weighted by Crippen LogP contribution is 2.24. The van der Waals surface area contributed by atoms with Gasteiger partial charge in [-0.1, -0.05) is 54.6 Å². The Kier molecular flexibility index (Phi) is 8.26. The summed E-state index contributed by atoms with van der Waals surface area (Å²) in [6, 6.07) is 25.1. The van der Waals surface area contributed by atoms with Crippen molar-refractivity contribution in [2.24, 2.45) is 0 Å². The highest BCUT2D eigenvalue weighted by atomic mass is 16.5. The van der Waals surface area contributed by atoms with E-state index < -0.39 is 0 Å². The van der Waals surface area contributed by atoms with Crippen LogP contribution in [0.25, 0.3) is 0 Å². The van der Waals surface area contributed by atoms with Crippen LogP contribution < -0.4 is 15.4 Å². The zero-order valence-electron chi connectivity index (χ0n) is 18.5. The van der Waals surface area contributed by atoms with Crippen molar-refractivity contribution in [1.29, 1.82) is 0 Å². The Bertz CT molecular complexity index is 1020. The Morgan fingerprint density at radius 2 is 1.53 bits per heavy atom. The second-order valence-corrected chi connectivity index (χ2v) is 7.66. The third-order valence-electron chi connectivity index (χ3n) is 4.93. The number of carbonyl (C=O) groups excluding carboxylic acids is 2. The van der Waals surface area contributed by atoms with Crippen LogP contribution in [0.4, 0.5) is 11.4 Å². The van der Waals surface area contributed by atoms with Gasteiger partial charge in [-0.2, -0.15) is 0 Å². The fourth-order valence-corrected chi connectivity index (χ4v) is 3.07. The molecule has 3 aromatic rings. The number of carbonyl (C=O) groups is 2. The SMILES string of the molecule is CN(C)C(=O)CCc1ccc(NCC(=O)Nc2ccccc2OCc2ccccc2)cc1. The summed E-state index contributed by atoms with van der Waals surface area (Å²) >= 11 is 0. The molecular formula is C26H29N3O3. The van der Waals surface area contributed by atoms with Crippen molar-refractivity contribution in [2.75, 3.05) is 31.3 Å². The van der Waals surface area contributed by atoms with E-state index in [0.717, 1.165) is 16.8 Å². The van der Waals surface area contributed by atoms with Crippen LogP contribution in [0.3, 0.4) is 0 Å². The number of benzene rings is 3. The largest absolute Gasteiger partial charge is 0.487 e. The van der Waals surface area contributed by atoms with Crippen LogP contribution in [-0.4, -0.2) is 37.4 Å². The first kappa shape index (κ1) is 22.9. The maximum Gasteiger partial charge on any atom is 0.243 e. The van der Waals surface area contributed by atoms with Gasteiger partial charge in [0.2, 0.25) is 11.8 Å². The van der Waals surface area contributed by atoms with E-state index in [0.29, 0.717) is 30.9 Å². The van der Waals surface area contributed by atoms with E-state index in [2.05, 4.69) is 10.6 Å². The van der Waals surface area contributed by atoms with Gasteiger partial charge in [0.05, 0.1) is 12.2 Å². The number of hydrogen-bond donors (Lipinski definition) is 2. The van der Waals surface area contributed by atoms with Crippen LogP contribution in [0.1, 0.15) is 17.5 Å². The highest BCUT2D eigenvalue weighted by molar-refractivity contribution is 5.95. The van der Waals surface area contributed by atoms with Crippen molar-refractivity contribution >= 4 is 23.2 Å². The zero-order chi connectivity index (χ0) is 22.8.